The minimum Gasteiger partial charge on any atom is -0.466 e. The summed E-state index contributed by atoms with van der Waals surface area (Å²) >= 11 is 2.70. The highest BCUT2D eigenvalue weighted by Crippen LogP contribution is 2.32. The maximum atomic E-state index is 13.0. The summed E-state index contributed by atoms with van der Waals surface area (Å²) in [6.45, 7) is 3.98. The van der Waals surface area contributed by atoms with Gasteiger partial charge < -0.3 is 14.5 Å². The van der Waals surface area contributed by atoms with Gasteiger partial charge in [-0.2, -0.15) is 0 Å². The number of carbonyl (C=O) groups is 2. The van der Waals surface area contributed by atoms with E-state index in [1.165, 1.54) is 22.7 Å². The van der Waals surface area contributed by atoms with Gasteiger partial charge >= 0.3 is 11.6 Å². The first-order chi connectivity index (χ1) is 14.5. The highest BCUT2D eigenvalue weighted by Gasteiger charge is 2.23. The monoisotopic (exact) mass is 441 g/mol. The number of nitrogens with one attached hydrogen (secondary N) is 1. The lowest BCUT2D eigenvalue weighted by molar-refractivity contribution is -0.143. The molecule has 4 aromatic rings. The molecule has 0 aliphatic heterocycles. The van der Waals surface area contributed by atoms with Crippen molar-refractivity contribution >= 4 is 55.6 Å². The smallest absolute Gasteiger partial charge is 0.345 e. The summed E-state index contributed by atoms with van der Waals surface area (Å²) in [5.41, 5.74) is 1.05. The van der Waals surface area contributed by atoms with Gasteiger partial charge in [0.25, 0.3) is 5.91 Å². The van der Waals surface area contributed by atoms with E-state index in [1.54, 1.807) is 19.1 Å². The number of carbonyl (C=O) groups excluding carboxylic acids is 2. The molecule has 6 nitrogen and oxygen atoms in total. The first-order valence-corrected chi connectivity index (χ1v) is 11.1. The summed E-state index contributed by atoms with van der Waals surface area (Å²) in [5, 5.41) is 5.98. The lowest BCUT2D eigenvalue weighted by Gasteiger charge is -2.16. The van der Waals surface area contributed by atoms with Gasteiger partial charge in [-0.05, 0) is 43.5 Å². The molecular weight excluding hydrogens is 422 g/mol. The zero-order valence-electron chi connectivity index (χ0n) is 16.4. The van der Waals surface area contributed by atoms with E-state index in [2.05, 4.69) is 5.32 Å². The molecule has 154 valence electrons. The molecule has 0 spiro atoms. The first kappa shape index (κ1) is 20.3. The van der Waals surface area contributed by atoms with Crippen LogP contribution in [-0.2, 0) is 9.53 Å². The number of aryl methyl sites for hydroxylation is 1. The van der Waals surface area contributed by atoms with E-state index in [4.69, 9.17) is 9.15 Å². The van der Waals surface area contributed by atoms with Crippen LogP contribution < -0.4 is 10.9 Å². The molecule has 0 bridgehead atoms. The van der Waals surface area contributed by atoms with Crippen LogP contribution in [0.4, 0.5) is 0 Å². The molecule has 8 heteroatoms. The third kappa shape index (κ3) is 4.01. The number of hydrogen-bond donors (Lipinski definition) is 1. The molecule has 30 heavy (non-hydrogen) atoms. The molecule has 0 radical (unpaired) electrons. The highest BCUT2D eigenvalue weighted by molar-refractivity contribution is 7.21. The van der Waals surface area contributed by atoms with Crippen molar-refractivity contribution in [2.75, 3.05) is 6.61 Å². The molecule has 0 saturated carbocycles. The fraction of sp³-hybridized carbons (Fsp3) is 0.227. The third-order valence-corrected chi connectivity index (χ3v) is 6.78. The summed E-state index contributed by atoms with van der Waals surface area (Å²) in [4.78, 5) is 38.6. The Morgan fingerprint density at radius 2 is 2.03 bits per heavy atom. The number of benzene rings is 1. The number of ether oxygens (including phenoxy) is 1. The molecule has 4 rings (SSSR count). The van der Waals surface area contributed by atoms with E-state index in [0.717, 1.165) is 15.8 Å². The number of esters is 1. The van der Waals surface area contributed by atoms with Crippen molar-refractivity contribution in [3.63, 3.8) is 0 Å². The van der Waals surface area contributed by atoms with Crippen molar-refractivity contribution < 1.29 is 18.7 Å². The zero-order valence-corrected chi connectivity index (χ0v) is 18.0. The first-order valence-electron chi connectivity index (χ1n) is 9.43. The second-order valence-electron chi connectivity index (χ2n) is 6.79. The van der Waals surface area contributed by atoms with Crippen LogP contribution in [0.2, 0.25) is 0 Å². The van der Waals surface area contributed by atoms with E-state index in [9.17, 15) is 14.4 Å². The van der Waals surface area contributed by atoms with Crippen LogP contribution in [0, 0.1) is 6.92 Å². The second-order valence-corrected chi connectivity index (χ2v) is 8.82. The number of fused-ring (bicyclic) bond motifs is 3. The average molecular weight is 442 g/mol. The van der Waals surface area contributed by atoms with Gasteiger partial charge in [-0.3, -0.25) is 9.59 Å². The molecular formula is C22H19NO5S2. The molecule has 0 saturated heterocycles. The minimum absolute atomic E-state index is 0.0370. The van der Waals surface area contributed by atoms with E-state index < -0.39 is 11.7 Å². The summed E-state index contributed by atoms with van der Waals surface area (Å²) in [6, 6.07) is 10.4. The van der Waals surface area contributed by atoms with Gasteiger partial charge in [-0.1, -0.05) is 17.7 Å². The topological polar surface area (TPSA) is 85.6 Å². The van der Waals surface area contributed by atoms with Gasteiger partial charge in [0.1, 0.15) is 5.58 Å². The van der Waals surface area contributed by atoms with Crippen LogP contribution in [0.15, 0.2) is 51.0 Å². The van der Waals surface area contributed by atoms with Crippen LogP contribution in [-0.4, -0.2) is 18.5 Å². The quantitative estimate of drug-likeness (QED) is 0.343. The van der Waals surface area contributed by atoms with Gasteiger partial charge in [0, 0.05) is 10.3 Å². The van der Waals surface area contributed by atoms with Crippen LogP contribution in [0.1, 0.15) is 39.5 Å². The maximum absolute atomic E-state index is 13.0. The van der Waals surface area contributed by atoms with Crippen molar-refractivity contribution in [1.29, 1.82) is 0 Å². The molecule has 0 aliphatic carbocycles. The van der Waals surface area contributed by atoms with Crippen LogP contribution >= 0.6 is 22.7 Å². The molecule has 0 aliphatic rings. The molecule has 1 amide bonds. The molecule has 1 aromatic carbocycles. The predicted molar refractivity (Wildman–Crippen MR) is 118 cm³/mol. The number of rotatable bonds is 6. The molecule has 1 N–H and O–H groups in total. The number of thiophene rings is 2. The Labute approximate surface area is 180 Å². The van der Waals surface area contributed by atoms with E-state index in [1.807, 2.05) is 36.6 Å². The fourth-order valence-electron chi connectivity index (χ4n) is 3.25. The van der Waals surface area contributed by atoms with Crippen molar-refractivity contribution in [3.8, 4) is 0 Å². The molecule has 1 unspecified atom stereocenters. The highest BCUT2D eigenvalue weighted by atomic mass is 32.1. The van der Waals surface area contributed by atoms with Crippen LogP contribution in [0.25, 0.3) is 21.1 Å². The van der Waals surface area contributed by atoms with E-state index >= 15 is 0 Å². The summed E-state index contributed by atoms with van der Waals surface area (Å²) in [7, 11) is 0. The van der Waals surface area contributed by atoms with Gasteiger partial charge in [0.15, 0.2) is 0 Å². The average Bonchev–Trinajstić information content (AvgIpc) is 3.39. The van der Waals surface area contributed by atoms with E-state index in [-0.39, 0.29) is 24.9 Å². The molecule has 1 atom stereocenters. The van der Waals surface area contributed by atoms with E-state index in [0.29, 0.717) is 20.5 Å². The predicted octanol–water partition coefficient (Wildman–Crippen LogP) is 4.80. The van der Waals surface area contributed by atoms with Gasteiger partial charge in [-0.15, -0.1) is 22.7 Å². The van der Waals surface area contributed by atoms with Crippen molar-refractivity contribution in [2.24, 2.45) is 0 Å². The van der Waals surface area contributed by atoms with Crippen molar-refractivity contribution in [3.05, 3.63) is 67.5 Å². The van der Waals surface area contributed by atoms with Gasteiger partial charge in [0.2, 0.25) is 0 Å². The molecule has 0 fully saturated rings. The molecule has 3 heterocycles. The van der Waals surface area contributed by atoms with Crippen LogP contribution in [0.5, 0.6) is 0 Å². The standard InChI is InChI=1S/C22H19NO5S2/c1-3-27-19(24)11-15(17-5-4-8-29-17)23-21(25)18-10-14-20(30-18)13-9-12(2)6-7-16(13)28-22(14)26/h4-10,15H,3,11H2,1-2H3,(H,23,25). The Morgan fingerprint density at radius 3 is 2.77 bits per heavy atom. The molecule has 3 aromatic heterocycles. The minimum atomic E-state index is -0.503. The maximum Gasteiger partial charge on any atom is 0.345 e. The lowest BCUT2D eigenvalue weighted by Crippen LogP contribution is -2.29. The Kier molecular flexibility index (Phi) is 5.69. The summed E-state index contributed by atoms with van der Waals surface area (Å²) < 4.78 is 11.2. The second kappa shape index (κ2) is 8.41. The Balaban J connectivity index is 1.68. The zero-order chi connectivity index (χ0) is 21.3. The Morgan fingerprint density at radius 1 is 1.20 bits per heavy atom. The summed E-state index contributed by atoms with van der Waals surface area (Å²) in [6.07, 6.45) is 0.0370. The van der Waals surface area contributed by atoms with Crippen molar-refractivity contribution in [1.82, 2.24) is 5.32 Å². The van der Waals surface area contributed by atoms with Gasteiger partial charge in [0.05, 0.1) is 34.0 Å². The number of hydrogen-bond acceptors (Lipinski definition) is 7. The SMILES string of the molecule is CCOC(=O)CC(NC(=O)c1cc2c(=O)oc3ccc(C)cc3c2s1)c1cccs1. The normalized spacial score (nSPS) is 12.2. The van der Waals surface area contributed by atoms with Crippen molar-refractivity contribution in [2.45, 2.75) is 26.3 Å². The fourth-order valence-corrected chi connectivity index (χ4v) is 5.10. The summed E-state index contributed by atoms with van der Waals surface area (Å²) in [5.74, 6) is -0.728. The number of amides is 1. The Hall–Kier alpha value is -2.97. The Bertz CT molecular complexity index is 1290. The van der Waals surface area contributed by atoms with Gasteiger partial charge in [-0.25, -0.2) is 4.79 Å². The van der Waals surface area contributed by atoms with Crippen LogP contribution in [0.3, 0.4) is 0 Å². The lowest BCUT2D eigenvalue weighted by atomic mass is 10.1. The largest absolute Gasteiger partial charge is 0.466 e. The third-order valence-electron chi connectivity index (χ3n) is 4.63.